The van der Waals surface area contributed by atoms with Crippen LogP contribution in [0.15, 0.2) is 16.5 Å². The monoisotopic (exact) mass is 448 g/mol. The van der Waals surface area contributed by atoms with Crippen LogP contribution in [0.4, 0.5) is 5.88 Å². The van der Waals surface area contributed by atoms with Crippen LogP contribution in [-0.4, -0.2) is 44.2 Å². The van der Waals surface area contributed by atoms with Crippen molar-refractivity contribution >= 4 is 23.7 Å². The molecule has 174 valence electrons. The number of aryl methyl sites for hydroxylation is 1. The fourth-order valence-electron chi connectivity index (χ4n) is 3.01. The molecule has 1 aromatic carbocycles. The van der Waals surface area contributed by atoms with E-state index in [9.17, 15) is 14.4 Å². The van der Waals surface area contributed by atoms with Gasteiger partial charge in [0.1, 0.15) is 16.9 Å². The number of ether oxygens (including phenoxy) is 4. The molecule has 1 aromatic heterocycles. The summed E-state index contributed by atoms with van der Waals surface area (Å²) < 4.78 is 27.3. The zero-order valence-electron chi connectivity index (χ0n) is 18.8. The Morgan fingerprint density at radius 2 is 1.47 bits per heavy atom. The number of rotatable bonds is 11. The van der Waals surface area contributed by atoms with Gasteiger partial charge < -0.3 is 29.1 Å². The normalized spacial score (nSPS) is 10.4. The van der Waals surface area contributed by atoms with Crippen molar-refractivity contribution in [2.45, 2.75) is 34.6 Å². The number of esters is 1. The summed E-state index contributed by atoms with van der Waals surface area (Å²) in [4.78, 5) is 37.3. The van der Waals surface area contributed by atoms with Crippen molar-refractivity contribution in [3.8, 4) is 17.2 Å². The molecule has 0 fully saturated rings. The standard InChI is InChI=1S/C22H28N2O8/c1-6-28-14-10-13(11-15(29-7-2)18(14)30-8-3)20(26)24-21-17(19(23)25)16(12(5)32-21)22(27)31-9-4/h10-11H,6-9H2,1-5H3,(H2,23,25)(H,24,26). The van der Waals surface area contributed by atoms with Crippen LogP contribution >= 0.6 is 0 Å². The van der Waals surface area contributed by atoms with E-state index in [1.807, 2.05) is 6.92 Å². The maximum absolute atomic E-state index is 13.0. The molecule has 0 aliphatic heterocycles. The van der Waals surface area contributed by atoms with Crippen LogP contribution in [0.1, 0.15) is 64.5 Å². The summed E-state index contributed by atoms with van der Waals surface area (Å²) in [5, 5.41) is 2.49. The average Bonchev–Trinajstić information content (AvgIpc) is 3.06. The molecule has 0 unspecified atom stereocenters. The van der Waals surface area contributed by atoms with Crippen molar-refractivity contribution in [2.75, 3.05) is 31.7 Å². The first kappa shape index (κ1) is 24.6. The van der Waals surface area contributed by atoms with Crippen molar-refractivity contribution in [1.29, 1.82) is 0 Å². The first-order chi connectivity index (χ1) is 15.3. The van der Waals surface area contributed by atoms with E-state index in [2.05, 4.69) is 5.32 Å². The summed E-state index contributed by atoms with van der Waals surface area (Å²) in [5.41, 5.74) is 5.20. The predicted molar refractivity (Wildman–Crippen MR) is 116 cm³/mol. The Bertz CT molecular complexity index is 969. The van der Waals surface area contributed by atoms with Gasteiger partial charge in [-0.25, -0.2) is 4.79 Å². The minimum Gasteiger partial charge on any atom is -0.490 e. The number of benzene rings is 1. The summed E-state index contributed by atoms with van der Waals surface area (Å²) >= 11 is 0. The van der Waals surface area contributed by atoms with Crippen molar-refractivity contribution in [3.05, 3.63) is 34.6 Å². The molecule has 0 atom stereocenters. The number of amides is 2. The Labute approximate surface area is 185 Å². The first-order valence-corrected chi connectivity index (χ1v) is 10.3. The topological polar surface area (TPSA) is 139 Å². The molecule has 32 heavy (non-hydrogen) atoms. The molecule has 2 amide bonds. The van der Waals surface area contributed by atoms with Gasteiger partial charge in [0.25, 0.3) is 11.8 Å². The van der Waals surface area contributed by atoms with Crippen molar-refractivity contribution in [3.63, 3.8) is 0 Å². The smallest absolute Gasteiger partial charge is 0.342 e. The molecule has 0 spiro atoms. The fourth-order valence-corrected chi connectivity index (χ4v) is 3.01. The van der Waals surface area contributed by atoms with Crippen LogP contribution in [0.3, 0.4) is 0 Å². The number of furan rings is 1. The maximum atomic E-state index is 13.0. The Balaban J connectivity index is 2.49. The molecule has 2 aromatic rings. The molecule has 0 bridgehead atoms. The molecular formula is C22H28N2O8. The second kappa shape index (κ2) is 11.1. The second-order valence-corrected chi connectivity index (χ2v) is 6.38. The Morgan fingerprint density at radius 1 is 0.906 bits per heavy atom. The molecular weight excluding hydrogens is 420 g/mol. The van der Waals surface area contributed by atoms with Gasteiger partial charge in [-0.15, -0.1) is 0 Å². The number of nitrogens with two attached hydrogens (primary N) is 1. The highest BCUT2D eigenvalue weighted by Gasteiger charge is 2.29. The van der Waals surface area contributed by atoms with E-state index < -0.39 is 17.8 Å². The zero-order valence-corrected chi connectivity index (χ0v) is 18.8. The van der Waals surface area contributed by atoms with E-state index >= 15 is 0 Å². The van der Waals surface area contributed by atoms with Gasteiger partial charge in [0.05, 0.1) is 26.4 Å². The Kier molecular flexibility index (Phi) is 8.51. The van der Waals surface area contributed by atoms with E-state index in [-0.39, 0.29) is 34.9 Å². The highest BCUT2D eigenvalue weighted by molar-refractivity contribution is 6.12. The molecule has 0 radical (unpaired) electrons. The van der Waals surface area contributed by atoms with Gasteiger partial charge in [-0.05, 0) is 46.8 Å². The van der Waals surface area contributed by atoms with Crippen LogP contribution in [0.2, 0.25) is 0 Å². The lowest BCUT2D eigenvalue weighted by molar-refractivity contribution is 0.0521. The third kappa shape index (κ3) is 5.32. The molecule has 0 saturated carbocycles. The summed E-state index contributed by atoms with van der Waals surface area (Å²) in [5.74, 6) is -1.51. The molecule has 10 heteroatoms. The van der Waals surface area contributed by atoms with Crippen molar-refractivity contribution < 1.29 is 37.7 Å². The molecule has 2 rings (SSSR count). The lowest BCUT2D eigenvalue weighted by Crippen LogP contribution is -2.20. The van der Waals surface area contributed by atoms with Crippen molar-refractivity contribution in [2.24, 2.45) is 5.73 Å². The van der Waals surface area contributed by atoms with E-state index in [0.717, 1.165) is 0 Å². The number of hydrogen-bond acceptors (Lipinski definition) is 8. The second-order valence-electron chi connectivity index (χ2n) is 6.38. The first-order valence-electron chi connectivity index (χ1n) is 10.3. The third-order valence-electron chi connectivity index (χ3n) is 4.21. The van der Waals surface area contributed by atoms with Gasteiger partial charge in [0.2, 0.25) is 11.6 Å². The minimum absolute atomic E-state index is 0.0873. The van der Waals surface area contributed by atoms with E-state index in [4.69, 9.17) is 29.1 Å². The van der Waals surface area contributed by atoms with Gasteiger partial charge in [-0.2, -0.15) is 0 Å². The van der Waals surface area contributed by atoms with Gasteiger partial charge in [-0.3, -0.25) is 14.9 Å². The molecule has 1 heterocycles. The van der Waals surface area contributed by atoms with Gasteiger partial charge in [-0.1, -0.05) is 0 Å². The lowest BCUT2D eigenvalue weighted by atomic mass is 10.1. The third-order valence-corrected chi connectivity index (χ3v) is 4.21. The predicted octanol–water partition coefficient (Wildman–Crippen LogP) is 3.31. The number of primary amides is 1. The molecule has 3 N–H and O–H groups in total. The van der Waals surface area contributed by atoms with Gasteiger partial charge in [0.15, 0.2) is 11.5 Å². The number of carbonyl (C=O) groups excluding carboxylic acids is 3. The zero-order chi connectivity index (χ0) is 23.8. The van der Waals surface area contributed by atoms with E-state index in [1.54, 1.807) is 20.8 Å². The van der Waals surface area contributed by atoms with Crippen LogP contribution < -0.4 is 25.3 Å². The Morgan fingerprint density at radius 3 is 1.94 bits per heavy atom. The van der Waals surface area contributed by atoms with E-state index in [1.165, 1.54) is 19.1 Å². The molecule has 0 saturated heterocycles. The van der Waals surface area contributed by atoms with Crippen LogP contribution in [0, 0.1) is 6.92 Å². The summed E-state index contributed by atoms with van der Waals surface area (Å²) in [7, 11) is 0. The number of anilines is 1. The van der Waals surface area contributed by atoms with Gasteiger partial charge in [0, 0.05) is 5.56 Å². The van der Waals surface area contributed by atoms with Crippen LogP contribution in [0.25, 0.3) is 0 Å². The number of hydrogen-bond donors (Lipinski definition) is 2. The molecule has 0 aliphatic rings. The van der Waals surface area contributed by atoms with Crippen LogP contribution in [-0.2, 0) is 4.74 Å². The quantitative estimate of drug-likeness (QED) is 0.499. The number of carbonyl (C=O) groups is 3. The summed E-state index contributed by atoms with van der Waals surface area (Å²) in [6.45, 7) is 9.63. The Hall–Kier alpha value is -3.69. The highest BCUT2D eigenvalue weighted by Crippen LogP contribution is 2.39. The van der Waals surface area contributed by atoms with Gasteiger partial charge >= 0.3 is 5.97 Å². The SMILES string of the molecule is CCOC(=O)c1c(C)oc(NC(=O)c2cc(OCC)c(OCC)c(OCC)c2)c1C(N)=O. The maximum Gasteiger partial charge on any atom is 0.342 e. The average molecular weight is 448 g/mol. The fraction of sp³-hybridized carbons (Fsp3) is 0.409. The summed E-state index contributed by atoms with van der Waals surface area (Å²) in [6.07, 6.45) is 0. The van der Waals surface area contributed by atoms with Crippen molar-refractivity contribution in [1.82, 2.24) is 0 Å². The lowest BCUT2D eigenvalue weighted by Gasteiger charge is -2.17. The minimum atomic E-state index is -0.947. The summed E-state index contributed by atoms with van der Waals surface area (Å²) in [6, 6.07) is 2.97. The number of nitrogens with one attached hydrogen (secondary N) is 1. The molecule has 10 nitrogen and oxygen atoms in total. The largest absolute Gasteiger partial charge is 0.490 e. The molecule has 0 aliphatic carbocycles. The van der Waals surface area contributed by atoms with Crippen LogP contribution in [0.5, 0.6) is 17.2 Å². The highest BCUT2D eigenvalue weighted by atomic mass is 16.5. The van der Waals surface area contributed by atoms with E-state index in [0.29, 0.717) is 37.1 Å².